The average molecular weight is 233 g/mol. The quantitative estimate of drug-likeness (QED) is 0.722. The van der Waals surface area contributed by atoms with Gasteiger partial charge >= 0.3 is 0 Å². The van der Waals surface area contributed by atoms with E-state index in [1.54, 1.807) is 18.5 Å². The largest absolute Gasteiger partial charge is 0.353 e. The zero-order chi connectivity index (χ0) is 12.1. The first kappa shape index (κ1) is 11.6. The average Bonchev–Trinajstić information content (AvgIpc) is 3.11. The van der Waals surface area contributed by atoms with Gasteiger partial charge in [0, 0.05) is 25.0 Å². The van der Waals surface area contributed by atoms with Crippen molar-refractivity contribution < 1.29 is 9.59 Å². The molecule has 1 heterocycles. The standard InChI is InChI=1S/C12H15N3O2/c16-11(6-12(17)15-10-3-4-10)14-8-9-2-1-5-13-7-9/h1-2,5,7,10H,3-4,6,8H2,(H,14,16)(H,15,17). The monoisotopic (exact) mass is 233 g/mol. The Morgan fingerprint density at radius 1 is 1.35 bits per heavy atom. The maximum Gasteiger partial charge on any atom is 0.229 e. The van der Waals surface area contributed by atoms with Crippen molar-refractivity contribution in [3.05, 3.63) is 30.1 Å². The zero-order valence-corrected chi connectivity index (χ0v) is 9.48. The Morgan fingerprint density at radius 3 is 2.82 bits per heavy atom. The Balaban J connectivity index is 1.68. The fraction of sp³-hybridized carbons (Fsp3) is 0.417. The smallest absolute Gasteiger partial charge is 0.229 e. The van der Waals surface area contributed by atoms with Crippen LogP contribution in [0, 0.1) is 0 Å². The molecule has 1 fully saturated rings. The molecule has 5 nitrogen and oxygen atoms in total. The van der Waals surface area contributed by atoms with Crippen LogP contribution < -0.4 is 10.6 Å². The van der Waals surface area contributed by atoms with E-state index in [1.165, 1.54) is 0 Å². The van der Waals surface area contributed by atoms with Crippen LogP contribution in [0.4, 0.5) is 0 Å². The van der Waals surface area contributed by atoms with Gasteiger partial charge < -0.3 is 10.6 Å². The summed E-state index contributed by atoms with van der Waals surface area (Å²) in [6.07, 6.45) is 5.32. The number of hydrogen-bond donors (Lipinski definition) is 2. The number of carbonyl (C=O) groups is 2. The molecule has 1 aromatic rings. The van der Waals surface area contributed by atoms with E-state index < -0.39 is 0 Å². The third-order valence-corrected chi connectivity index (χ3v) is 2.48. The number of nitrogens with zero attached hydrogens (tertiary/aromatic N) is 1. The second-order valence-corrected chi connectivity index (χ2v) is 4.16. The number of amides is 2. The summed E-state index contributed by atoms with van der Waals surface area (Å²) >= 11 is 0. The van der Waals surface area contributed by atoms with Crippen LogP contribution in [0.1, 0.15) is 24.8 Å². The molecule has 0 spiro atoms. The molecule has 0 radical (unpaired) electrons. The number of nitrogens with one attached hydrogen (secondary N) is 2. The highest BCUT2D eigenvalue weighted by Gasteiger charge is 2.23. The van der Waals surface area contributed by atoms with Gasteiger partial charge in [-0.05, 0) is 24.5 Å². The van der Waals surface area contributed by atoms with Gasteiger partial charge in [0.05, 0.1) is 0 Å². The van der Waals surface area contributed by atoms with Gasteiger partial charge in [-0.1, -0.05) is 6.07 Å². The Bertz CT molecular complexity index is 401. The number of aromatic nitrogens is 1. The van der Waals surface area contributed by atoms with Gasteiger partial charge in [0.1, 0.15) is 6.42 Å². The molecule has 1 aromatic heterocycles. The fourth-order valence-corrected chi connectivity index (χ4v) is 1.42. The van der Waals surface area contributed by atoms with E-state index in [4.69, 9.17) is 0 Å². The SMILES string of the molecule is O=C(CC(=O)NC1CC1)NCc1cccnc1. The third-order valence-electron chi connectivity index (χ3n) is 2.48. The van der Waals surface area contributed by atoms with Gasteiger partial charge in [-0.15, -0.1) is 0 Å². The molecule has 0 atom stereocenters. The van der Waals surface area contributed by atoms with Crippen LogP contribution in [-0.2, 0) is 16.1 Å². The number of pyridine rings is 1. The lowest BCUT2D eigenvalue weighted by molar-refractivity contribution is -0.129. The van der Waals surface area contributed by atoms with Crippen molar-refractivity contribution in [1.82, 2.24) is 15.6 Å². The topological polar surface area (TPSA) is 71.1 Å². The summed E-state index contributed by atoms with van der Waals surface area (Å²) in [7, 11) is 0. The van der Waals surface area contributed by atoms with Gasteiger partial charge in [0.25, 0.3) is 0 Å². The molecule has 2 amide bonds. The van der Waals surface area contributed by atoms with E-state index in [1.807, 2.05) is 6.07 Å². The highest BCUT2D eigenvalue weighted by Crippen LogP contribution is 2.18. The minimum atomic E-state index is -0.257. The van der Waals surface area contributed by atoms with Crippen LogP contribution in [0.3, 0.4) is 0 Å². The van der Waals surface area contributed by atoms with Gasteiger partial charge in [-0.3, -0.25) is 14.6 Å². The maximum atomic E-state index is 11.4. The lowest BCUT2D eigenvalue weighted by Gasteiger charge is -2.05. The van der Waals surface area contributed by atoms with Crippen molar-refractivity contribution in [3.8, 4) is 0 Å². The van der Waals surface area contributed by atoms with Crippen LogP contribution in [0.25, 0.3) is 0 Å². The minimum absolute atomic E-state index is 0.100. The van der Waals surface area contributed by atoms with Gasteiger partial charge in [-0.2, -0.15) is 0 Å². The lowest BCUT2D eigenvalue weighted by Crippen LogP contribution is -2.32. The normalized spacial score (nSPS) is 14.1. The van der Waals surface area contributed by atoms with Gasteiger partial charge in [0.15, 0.2) is 0 Å². The highest BCUT2D eigenvalue weighted by atomic mass is 16.2. The van der Waals surface area contributed by atoms with E-state index in [-0.39, 0.29) is 18.2 Å². The summed E-state index contributed by atoms with van der Waals surface area (Å²) in [5.41, 5.74) is 0.920. The molecular formula is C12H15N3O2. The van der Waals surface area contributed by atoms with Crippen molar-refractivity contribution in [2.75, 3.05) is 0 Å². The molecule has 0 unspecified atom stereocenters. The summed E-state index contributed by atoms with van der Waals surface area (Å²) in [6, 6.07) is 3.98. The molecule has 2 rings (SSSR count). The Hall–Kier alpha value is -1.91. The molecule has 0 aliphatic heterocycles. The highest BCUT2D eigenvalue weighted by molar-refractivity contribution is 5.97. The molecule has 1 saturated carbocycles. The van der Waals surface area contributed by atoms with Crippen molar-refractivity contribution in [1.29, 1.82) is 0 Å². The molecule has 1 aliphatic rings. The first-order chi connectivity index (χ1) is 8.24. The summed E-state index contributed by atoms with van der Waals surface area (Å²) in [5, 5.41) is 5.45. The van der Waals surface area contributed by atoms with Gasteiger partial charge in [-0.25, -0.2) is 0 Å². The molecule has 90 valence electrons. The molecule has 2 N–H and O–H groups in total. The van der Waals surface area contributed by atoms with Crippen molar-refractivity contribution in [3.63, 3.8) is 0 Å². The van der Waals surface area contributed by atoms with Crippen LogP contribution >= 0.6 is 0 Å². The molecule has 0 saturated heterocycles. The molecular weight excluding hydrogens is 218 g/mol. The van der Waals surface area contributed by atoms with Crippen LogP contribution in [0.2, 0.25) is 0 Å². The Morgan fingerprint density at radius 2 is 2.18 bits per heavy atom. The van der Waals surface area contributed by atoms with Crippen LogP contribution in [0.15, 0.2) is 24.5 Å². The van der Waals surface area contributed by atoms with E-state index in [0.717, 1.165) is 18.4 Å². The summed E-state index contributed by atoms with van der Waals surface area (Å²) < 4.78 is 0. The Labute approximate surface area is 99.6 Å². The van der Waals surface area contributed by atoms with Crippen LogP contribution in [-0.4, -0.2) is 22.8 Å². The predicted molar refractivity (Wildman–Crippen MR) is 61.9 cm³/mol. The minimum Gasteiger partial charge on any atom is -0.353 e. The molecule has 0 bridgehead atoms. The molecule has 5 heteroatoms. The molecule has 17 heavy (non-hydrogen) atoms. The third kappa shape index (κ3) is 4.22. The van der Waals surface area contributed by atoms with Crippen molar-refractivity contribution in [2.45, 2.75) is 31.8 Å². The number of rotatable bonds is 5. The second kappa shape index (κ2) is 5.43. The molecule has 1 aliphatic carbocycles. The summed E-state index contributed by atoms with van der Waals surface area (Å²) in [5.74, 6) is -0.455. The summed E-state index contributed by atoms with van der Waals surface area (Å²) in [4.78, 5) is 26.7. The second-order valence-electron chi connectivity index (χ2n) is 4.16. The van der Waals surface area contributed by atoms with Crippen molar-refractivity contribution in [2.24, 2.45) is 0 Å². The lowest BCUT2D eigenvalue weighted by atomic mass is 10.3. The maximum absolute atomic E-state index is 11.4. The Kier molecular flexibility index (Phi) is 3.69. The van der Waals surface area contributed by atoms with Crippen LogP contribution in [0.5, 0.6) is 0 Å². The van der Waals surface area contributed by atoms with E-state index >= 15 is 0 Å². The van der Waals surface area contributed by atoms with Crippen molar-refractivity contribution >= 4 is 11.8 Å². The fourth-order valence-electron chi connectivity index (χ4n) is 1.42. The van der Waals surface area contributed by atoms with Gasteiger partial charge in [0.2, 0.25) is 11.8 Å². The zero-order valence-electron chi connectivity index (χ0n) is 9.48. The predicted octanol–water partition coefficient (Wildman–Crippen LogP) is 0.366. The summed E-state index contributed by atoms with van der Waals surface area (Å²) in [6.45, 7) is 0.406. The molecule has 0 aromatic carbocycles. The first-order valence-corrected chi connectivity index (χ1v) is 5.69. The van der Waals surface area contributed by atoms with E-state index in [9.17, 15) is 9.59 Å². The van der Waals surface area contributed by atoms with E-state index in [0.29, 0.717) is 12.6 Å². The van der Waals surface area contributed by atoms with E-state index in [2.05, 4.69) is 15.6 Å². The first-order valence-electron chi connectivity index (χ1n) is 5.69. The number of carbonyl (C=O) groups excluding carboxylic acids is 2. The number of hydrogen-bond acceptors (Lipinski definition) is 3.